The number of amides is 1. The summed E-state index contributed by atoms with van der Waals surface area (Å²) in [6.45, 7) is 3.36. The first kappa shape index (κ1) is 19.0. The molecule has 0 spiro atoms. The fourth-order valence-electron chi connectivity index (χ4n) is 3.87. The first-order valence-corrected chi connectivity index (χ1v) is 11.5. The SMILES string of the molecule is Cc1cc(-c2cccc(NS(C)(=O)=O)c2)cc2c1C(=O)N(NCC1CCC1)C2. The van der Waals surface area contributed by atoms with Gasteiger partial charge < -0.3 is 0 Å². The second-order valence-electron chi connectivity index (χ2n) is 7.83. The first-order valence-electron chi connectivity index (χ1n) is 9.57. The molecule has 6 nitrogen and oxygen atoms in total. The Balaban J connectivity index is 1.58. The molecule has 2 aliphatic rings. The van der Waals surface area contributed by atoms with Crippen LogP contribution < -0.4 is 10.1 Å². The molecule has 4 rings (SSSR count). The zero-order valence-corrected chi connectivity index (χ0v) is 17.0. The van der Waals surface area contributed by atoms with Gasteiger partial charge in [-0.05, 0) is 66.1 Å². The first-order chi connectivity index (χ1) is 13.3. The van der Waals surface area contributed by atoms with Gasteiger partial charge in [0.1, 0.15) is 0 Å². The lowest BCUT2D eigenvalue weighted by Gasteiger charge is -2.28. The van der Waals surface area contributed by atoms with E-state index in [1.54, 1.807) is 11.1 Å². The van der Waals surface area contributed by atoms with E-state index in [-0.39, 0.29) is 5.91 Å². The van der Waals surface area contributed by atoms with Crippen molar-refractivity contribution < 1.29 is 13.2 Å². The fraction of sp³-hybridized carbons (Fsp3) is 0.381. The minimum Gasteiger partial charge on any atom is -0.284 e. The van der Waals surface area contributed by atoms with Crippen molar-refractivity contribution >= 4 is 21.6 Å². The number of aryl methyl sites for hydroxylation is 1. The van der Waals surface area contributed by atoms with Gasteiger partial charge in [-0.3, -0.25) is 14.5 Å². The van der Waals surface area contributed by atoms with Gasteiger partial charge in [0.25, 0.3) is 5.91 Å². The standard InChI is InChI=1S/C21H25N3O3S/c1-14-9-17(16-7-4-8-19(11-16)23-28(2,26)27)10-18-13-24(21(25)20(14)18)22-12-15-5-3-6-15/h4,7-11,15,22-23H,3,5-6,12-13H2,1-2H3. The van der Waals surface area contributed by atoms with Crippen LogP contribution in [0.25, 0.3) is 11.1 Å². The number of nitrogens with one attached hydrogen (secondary N) is 2. The highest BCUT2D eigenvalue weighted by molar-refractivity contribution is 7.92. The van der Waals surface area contributed by atoms with E-state index in [1.165, 1.54) is 19.3 Å². The molecule has 1 aliphatic heterocycles. The number of hydrogen-bond acceptors (Lipinski definition) is 4. The summed E-state index contributed by atoms with van der Waals surface area (Å²) >= 11 is 0. The van der Waals surface area contributed by atoms with E-state index >= 15 is 0 Å². The minimum atomic E-state index is -3.33. The Labute approximate surface area is 166 Å². The molecule has 7 heteroatoms. The van der Waals surface area contributed by atoms with Crippen molar-refractivity contribution in [1.29, 1.82) is 0 Å². The summed E-state index contributed by atoms with van der Waals surface area (Å²) < 4.78 is 25.5. The van der Waals surface area contributed by atoms with Crippen LogP contribution in [0.1, 0.15) is 40.7 Å². The maximum atomic E-state index is 12.8. The molecule has 0 bridgehead atoms. The summed E-state index contributed by atoms with van der Waals surface area (Å²) in [5.74, 6) is 0.712. The summed E-state index contributed by atoms with van der Waals surface area (Å²) in [6, 6.07) is 11.3. The molecule has 1 amide bonds. The number of hydrogen-bond donors (Lipinski definition) is 2. The van der Waals surface area contributed by atoms with E-state index in [4.69, 9.17) is 0 Å². The molecule has 0 aromatic heterocycles. The number of sulfonamides is 1. The lowest BCUT2D eigenvalue weighted by molar-refractivity contribution is 0.0654. The Morgan fingerprint density at radius 2 is 1.93 bits per heavy atom. The average molecular weight is 400 g/mol. The number of carbonyl (C=O) groups is 1. The Kier molecular flexibility index (Phi) is 4.89. The van der Waals surface area contributed by atoms with Crippen LogP contribution in [0.2, 0.25) is 0 Å². The number of nitrogens with zero attached hydrogens (tertiary/aromatic N) is 1. The van der Waals surface area contributed by atoms with Crippen molar-refractivity contribution in [2.75, 3.05) is 17.5 Å². The molecule has 1 saturated carbocycles. The second-order valence-corrected chi connectivity index (χ2v) is 9.58. The van der Waals surface area contributed by atoms with Crippen molar-refractivity contribution in [3.8, 4) is 11.1 Å². The molecule has 148 valence electrons. The zero-order valence-electron chi connectivity index (χ0n) is 16.2. The maximum absolute atomic E-state index is 12.8. The van der Waals surface area contributed by atoms with Crippen molar-refractivity contribution in [2.24, 2.45) is 5.92 Å². The van der Waals surface area contributed by atoms with E-state index in [2.05, 4.69) is 10.1 Å². The second kappa shape index (κ2) is 7.22. The molecule has 0 saturated heterocycles. The van der Waals surface area contributed by atoms with Crippen molar-refractivity contribution in [3.05, 3.63) is 53.1 Å². The molecule has 28 heavy (non-hydrogen) atoms. The molecule has 2 aromatic carbocycles. The molecular formula is C21H25N3O3S. The van der Waals surface area contributed by atoms with E-state index in [0.29, 0.717) is 18.2 Å². The molecule has 2 aromatic rings. The van der Waals surface area contributed by atoms with E-state index < -0.39 is 10.0 Å². The summed E-state index contributed by atoms with van der Waals surface area (Å²) in [6.07, 6.45) is 4.90. The van der Waals surface area contributed by atoms with Crippen LogP contribution in [0.15, 0.2) is 36.4 Å². The van der Waals surface area contributed by atoms with Gasteiger partial charge in [-0.1, -0.05) is 24.6 Å². The van der Waals surface area contributed by atoms with Gasteiger partial charge in [-0.15, -0.1) is 0 Å². The number of fused-ring (bicyclic) bond motifs is 1. The molecule has 1 fully saturated rings. The normalized spacial score (nSPS) is 16.8. The predicted molar refractivity (Wildman–Crippen MR) is 110 cm³/mol. The fourth-order valence-corrected chi connectivity index (χ4v) is 4.43. The molecule has 2 N–H and O–H groups in total. The van der Waals surface area contributed by atoms with Crippen LogP contribution >= 0.6 is 0 Å². The largest absolute Gasteiger partial charge is 0.284 e. The lowest BCUT2D eigenvalue weighted by Crippen LogP contribution is -2.42. The van der Waals surface area contributed by atoms with Gasteiger partial charge in [-0.25, -0.2) is 13.8 Å². The van der Waals surface area contributed by atoms with E-state index in [0.717, 1.165) is 40.6 Å². The predicted octanol–water partition coefficient (Wildman–Crippen LogP) is 3.29. The summed E-state index contributed by atoms with van der Waals surface area (Å²) in [4.78, 5) is 12.8. The molecular weight excluding hydrogens is 374 g/mol. The van der Waals surface area contributed by atoms with Crippen LogP contribution in [-0.4, -0.2) is 32.1 Å². The smallest absolute Gasteiger partial charge is 0.268 e. The minimum absolute atomic E-state index is 0.0332. The maximum Gasteiger partial charge on any atom is 0.268 e. The van der Waals surface area contributed by atoms with Crippen molar-refractivity contribution in [3.63, 3.8) is 0 Å². The number of carbonyl (C=O) groups excluding carboxylic acids is 1. The van der Waals surface area contributed by atoms with Crippen LogP contribution in [0.3, 0.4) is 0 Å². The Hall–Kier alpha value is -2.38. The van der Waals surface area contributed by atoms with Crippen LogP contribution in [-0.2, 0) is 16.6 Å². The van der Waals surface area contributed by atoms with Gasteiger partial charge in [0.05, 0.1) is 12.8 Å². The highest BCUT2D eigenvalue weighted by Crippen LogP contribution is 2.32. The Morgan fingerprint density at radius 3 is 2.61 bits per heavy atom. The third kappa shape index (κ3) is 3.91. The molecule has 1 aliphatic carbocycles. The highest BCUT2D eigenvalue weighted by Gasteiger charge is 2.30. The van der Waals surface area contributed by atoms with Crippen LogP contribution in [0.4, 0.5) is 5.69 Å². The number of rotatable bonds is 6. The molecule has 0 unspecified atom stereocenters. The molecule has 1 heterocycles. The third-order valence-corrected chi connectivity index (χ3v) is 6.11. The van der Waals surface area contributed by atoms with Crippen LogP contribution in [0.5, 0.6) is 0 Å². The lowest BCUT2D eigenvalue weighted by atomic mass is 9.86. The summed E-state index contributed by atoms with van der Waals surface area (Å²) in [7, 11) is -3.33. The number of hydrazine groups is 1. The van der Waals surface area contributed by atoms with Gasteiger partial charge in [-0.2, -0.15) is 0 Å². The summed E-state index contributed by atoms with van der Waals surface area (Å²) in [5, 5.41) is 1.72. The Bertz CT molecular complexity index is 1030. The van der Waals surface area contributed by atoms with E-state index in [9.17, 15) is 13.2 Å². The van der Waals surface area contributed by atoms with E-state index in [1.807, 2.05) is 37.3 Å². The van der Waals surface area contributed by atoms with Crippen molar-refractivity contribution in [2.45, 2.75) is 32.7 Å². The van der Waals surface area contributed by atoms with Gasteiger partial charge in [0.2, 0.25) is 10.0 Å². The quantitative estimate of drug-likeness (QED) is 0.781. The average Bonchev–Trinajstić information content (AvgIpc) is 2.89. The van der Waals surface area contributed by atoms with Gasteiger partial charge in [0, 0.05) is 17.8 Å². The zero-order chi connectivity index (χ0) is 19.9. The highest BCUT2D eigenvalue weighted by atomic mass is 32.2. The monoisotopic (exact) mass is 399 g/mol. The number of benzene rings is 2. The third-order valence-electron chi connectivity index (χ3n) is 5.50. The van der Waals surface area contributed by atoms with Crippen molar-refractivity contribution in [1.82, 2.24) is 10.4 Å². The van der Waals surface area contributed by atoms with Gasteiger partial charge >= 0.3 is 0 Å². The summed E-state index contributed by atoms with van der Waals surface area (Å²) in [5.41, 5.74) is 8.43. The molecule has 0 radical (unpaired) electrons. The van der Waals surface area contributed by atoms with Crippen LogP contribution in [0, 0.1) is 12.8 Å². The number of anilines is 1. The topological polar surface area (TPSA) is 78.5 Å². The molecule has 0 atom stereocenters. The Morgan fingerprint density at radius 1 is 1.14 bits per heavy atom. The van der Waals surface area contributed by atoms with Gasteiger partial charge in [0.15, 0.2) is 0 Å².